The second-order valence-electron chi connectivity index (χ2n) is 3.04. The molecule has 1 N–H and O–H groups in total. The summed E-state index contributed by atoms with van der Waals surface area (Å²) in [5, 5.41) is 11.6. The molecule has 0 spiro atoms. The highest BCUT2D eigenvalue weighted by atomic mass is 79.9. The topological polar surface area (TPSA) is 20.2 Å². The number of phenols is 1. The van der Waals surface area contributed by atoms with Crippen LogP contribution in [0, 0.1) is 6.92 Å². The number of rotatable bonds is 0. The van der Waals surface area contributed by atoms with Gasteiger partial charge in [0.25, 0.3) is 0 Å². The van der Waals surface area contributed by atoms with Crippen LogP contribution in [0.15, 0.2) is 34.8 Å². The molecule has 0 heterocycles. The number of phenolic OH excluding ortho intramolecular Hbond substituents is 1. The fraction of sp³-hybridized carbons (Fsp3) is 0.0909. The normalized spacial score (nSPS) is 10.6. The van der Waals surface area contributed by atoms with Gasteiger partial charge < -0.3 is 5.11 Å². The lowest BCUT2D eigenvalue weighted by Crippen LogP contribution is -1.80. The van der Waals surface area contributed by atoms with Crippen LogP contribution in [0.4, 0.5) is 0 Å². The Bertz CT molecular complexity index is 463. The Hall–Kier alpha value is -1.02. The van der Waals surface area contributed by atoms with Gasteiger partial charge in [0, 0.05) is 9.86 Å². The predicted octanol–water partition coefficient (Wildman–Crippen LogP) is 3.62. The Morgan fingerprint density at radius 3 is 2.62 bits per heavy atom. The lowest BCUT2D eigenvalue weighted by Gasteiger charge is -2.05. The van der Waals surface area contributed by atoms with Crippen LogP contribution in [0.3, 0.4) is 0 Å². The molecular weight excluding hydrogens is 228 g/mol. The highest BCUT2D eigenvalue weighted by Crippen LogP contribution is 2.30. The van der Waals surface area contributed by atoms with E-state index in [-0.39, 0.29) is 0 Å². The molecule has 2 aromatic carbocycles. The maximum Gasteiger partial charge on any atom is 0.123 e. The Morgan fingerprint density at radius 1 is 1.08 bits per heavy atom. The van der Waals surface area contributed by atoms with Crippen LogP contribution < -0.4 is 0 Å². The van der Waals surface area contributed by atoms with Gasteiger partial charge in [0.1, 0.15) is 5.75 Å². The third-order valence-corrected chi connectivity index (χ3v) is 3.10. The first kappa shape index (κ1) is 8.57. The van der Waals surface area contributed by atoms with Gasteiger partial charge in [0.15, 0.2) is 0 Å². The van der Waals surface area contributed by atoms with Crippen molar-refractivity contribution in [2.24, 2.45) is 0 Å². The van der Waals surface area contributed by atoms with Crippen molar-refractivity contribution < 1.29 is 5.11 Å². The molecule has 0 aromatic heterocycles. The zero-order valence-corrected chi connectivity index (χ0v) is 8.80. The van der Waals surface area contributed by atoms with Gasteiger partial charge in [0.2, 0.25) is 0 Å². The summed E-state index contributed by atoms with van der Waals surface area (Å²) in [5.41, 5.74) is 1.16. The molecule has 0 saturated heterocycles. The maximum atomic E-state index is 9.57. The average Bonchev–Trinajstić information content (AvgIpc) is 2.12. The fourth-order valence-corrected chi connectivity index (χ4v) is 1.81. The first-order valence-corrected chi connectivity index (χ1v) is 4.86. The van der Waals surface area contributed by atoms with Crippen molar-refractivity contribution in [3.63, 3.8) is 0 Å². The molecule has 0 atom stereocenters. The number of benzene rings is 2. The van der Waals surface area contributed by atoms with E-state index in [4.69, 9.17) is 0 Å². The quantitative estimate of drug-likeness (QED) is 0.741. The van der Waals surface area contributed by atoms with Gasteiger partial charge >= 0.3 is 0 Å². The Balaban J connectivity index is 2.94. The van der Waals surface area contributed by atoms with Crippen molar-refractivity contribution in [1.29, 1.82) is 0 Å². The number of hydrogen-bond acceptors (Lipinski definition) is 1. The van der Waals surface area contributed by atoms with Crippen molar-refractivity contribution in [3.8, 4) is 5.75 Å². The molecule has 0 saturated carbocycles. The third-order valence-electron chi connectivity index (χ3n) is 2.24. The molecule has 0 unspecified atom stereocenters. The summed E-state index contributed by atoms with van der Waals surface area (Å²) in [7, 11) is 0. The van der Waals surface area contributed by atoms with Crippen molar-refractivity contribution in [1.82, 2.24) is 0 Å². The van der Waals surface area contributed by atoms with Gasteiger partial charge in [-0.25, -0.2) is 0 Å². The second-order valence-corrected chi connectivity index (χ2v) is 3.90. The van der Waals surface area contributed by atoms with Crippen LogP contribution in [-0.2, 0) is 0 Å². The standard InChI is InChI=1S/C11H9BrO/c1-7-8-3-2-4-11(13)9(8)5-6-10(7)12/h2-6,13H,1H3. The predicted molar refractivity (Wildman–Crippen MR) is 58.0 cm³/mol. The zero-order valence-electron chi connectivity index (χ0n) is 7.21. The van der Waals surface area contributed by atoms with Crippen molar-refractivity contribution >= 4 is 26.7 Å². The molecule has 2 rings (SSSR count). The molecule has 0 aliphatic heterocycles. The molecule has 0 aliphatic carbocycles. The summed E-state index contributed by atoms with van der Waals surface area (Å²) in [6.45, 7) is 2.03. The smallest absolute Gasteiger partial charge is 0.123 e. The summed E-state index contributed by atoms with van der Waals surface area (Å²) in [4.78, 5) is 0. The summed E-state index contributed by atoms with van der Waals surface area (Å²) >= 11 is 3.46. The second kappa shape index (κ2) is 3.04. The highest BCUT2D eigenvalue weighted by molar-refractivity contribution is 9.10. The average molecular weight is 237 g/mol. The van der Waals surface area contributed by atoms with Gasteiger partial charge in [-0.2, -0.15) is 0 Å². The number of halogens is 1. The van der Waals surface area contributed by atoms with Crippen molar-refractivity contribution in [2.45, 2.75) is 6.92 Å². The first-order chi connectivity index (χ1) is 6.20. The van der Waals surface area contributed by atoms with Crippen molar-refractivity contribution in [2.75, 3.05) is 0 Å². The van der Waals surface area contributed by atoms with E-state index >= 15 is 0 Å². The molecule has 2 aromatic rings. The number of aryl methyl sites for hydroxylation is 1. The summed E-state index contributed by atoms with van der Waals surface area (Å²) in [6.07, 6.45) is 0. The molecule has 13 heavy (non-hydrogen) atoms. The fourth-order valence-electron chi connectivity index (χ4n) is 1.47. The van der Waals surface area contributed by atoms with Gasteiger partial charge in [-0.05, 0) is 36.1 Å². The number of fused-ring (bicyclic) bond motifs is 1. The minimum absolute atomic E-state index is 0.341. The van der Waals surface area contributed by atoms with Gasteiger partial charge in [-0.15, -0.1) is 0 Å². The monoisotopic (exact) mass is 236 g/mol. The Morgan fingerprint density at radius 2 is 1.85 bits per heavy atom. The number of hydrogen-bond donors (Lipinski definition) is 1. The van der Waals surface area contributed by atoms with Crippen LogP contribution in [0.5, 0.6) is 5.75 Å². The van der Waals surface area contributed by atoms with Crippen LogP contribution in [0.1, 0.15) is 5.56 Å². The van der Waals surface area contributed by atoms with E-state index in [0.29, 0.717) is 5.75 Å². The van der Waals surface area contributed by atoms with E-state index in [9.17, 15) is 5.11 Å². The Labute approximate surface area is 85.1 Å². The van der Waals surface area contributed by atoms with Gasteiger partial charge in [-0.1, -0.05) is 28.1 Å². The van der Waals surface area contributed by atoms with E-state index in [1.54, 1.807) is 6.07 Å². The SMILES string of the molecule is Cc1c(Br)ccc2c(O)cccc12. The van der Waals surface area contributed by atoms with Gasteiger partial charge in [0.05, 0.1) is 0 Å². The summed E-state index contributed by atoms with van der Waals surface area (Å²) < 4.78 is 1.07. The van der Waals surface area contributed by atoms with Crippen molar-refractivity contribution in [3.05, 3.63) is 40.4 Å². The van der Waals surface area contributed by atoms with Crippen LogP contribution in [0.2, 0.25) is 0 Å². The molecule has 66 valence electrons. The van der Waals surface area contributed by atoms with E-state index in [1.807, 2.05) is 31.2 Å². The molecular formula is C11H9BrO. The maximum absolute atomic E-state index is 9.57. The molecule has 0 radical (unpaired) electrons. The lowest BCUT2D eigenvalue weighted by atomic mass is 10.1. The molecule has 1 nitrogen and oxygen atoms in total. The van der Waals surface area contributed by atoms with Crippen LogP contribution in [-0.4, -0.2) is 5.11 Å². The highest BCUT2D eigenvalue weighted by Gasteiger charge is 2.03. The summed E-state index contributed by atoms with van der Waals surface area (Å²) in [6, 6.07) is 9.45. The lowest BCUT2D eigenvalue weighted by molar-refractivity contribution is 0.481. The molecule has 0 aliphatic rings. The van der Waals surface area contributed by atoms with Crippen LogP contribution >= 0.6 is 15.9 Å². The Kier molecular flexibility index (Phi) is 2.00. The minimum Gasteiger partial charge on any atom is -0.507 e. The third kappa shape index (κ3) is 1.31. The molecule has 2 heteroatoms. The van der Waals surface area contributed by atoms with E-state index in [2.05, 4.69) is 15.9 Å². The van der Waals surface area contributed by atoms with Gasteiger partial charge in [-0.3, -0.25) is 0 Å². The molecule has 0 fully saturated rings. The number of aromatic hydroxyl groups is 1. The van der Waals surface area contributed by atoms with E-state index < -0.39 is 0 Å². The first-order valence-electron chi connectivity index (χ1n) is 4.07. The molecule has 0 bridgehead atoms. The van der Waals surface area contributed by atoms with Crippen LogP contribution in [0.25, 0.3) is 10.8 Å². The largest absolute Gasteiger partial charge is 0.507 e. The van der Waals surface area contributed by atoms with E-state index in [1.165, 1.54) is 0 Å². The zero-order chi connectivity index (χ0) is 9.42. The molecule has 0 amide bonds. The summed E-state index contributed by atoms with van der Waals surface area (Å²) in [5.74, 6) is 0.341. The van der Waals surface area contributed by atoms with E-state index in [0.717, 1.165) is 20.8 Å². The minimum atomic E-state index is 0.341.